The highest BCUT2D eigenvalue weighted by Crippen LogP contribution is 2.39. The number of rotatable bonds is 3. The zero-order valence-corrected chi connectivity index (χ0v) is 10.2. The molecule has 4 nitrogen and oxygen atoms in total. The van der Waals surface area contributed by atoms with E-state index in [-0.39, 0.29) is 18.2 Å². The summed E-state index contributed by atoms with van der Waals surface area (Å²) in [6, 6.07) is 3.56. The van der Waals surface area contributed by atoms with Crippen LogP contribution in [0, 0.1) is 0 Å². The third kappa shape index (κ3) is 2.13. The fourth-order valence-electron chi connectivity index (χ4n) is 2.06. The molecule has 2 rings (SSSR count). The van der Waals surface area contributed by atoms with Crippen LogP contribution >= 0.6 is 0 Å². The molecule has 0 bridgehead atoms. The predicted molar refractivity (Wildman–Crippen MR) is 64.9 cm³/mol. The lowest BCUT2D eigenvalue weighted by molar-refractivity contribution is 0.0998. The number of carbonyl (C=O) groups excluding carboxylic acids is 1. The van der Waals surface area contributed by atoms with Crippen LogP contribution in [0.4, 0.5) is 0 Å². The van der Waals surface area contributed by atoms with Gasteiger partial charge < -0.3 is 15.2 Å². The highest BCUT2D eigenvalue weighted by molar-refractivity contribution is 6.00. The van der Waals surface area contributed by atoms with Gasteiger partial charge >= 0.3 is 0 Å². The highest BCUT2D eigenvalue weighted by Gasteiger charge is 2.23. The van der Waals surface area contributed by atoms with Crippen LogP contribution in [0.15, 0.2) is 12.1 Å². The Morgan fingerprint density at radius 1 is 1.35 bits per heavy atom. The molecule has 1 aromatic carbocycles. The Kier molecular flexibility index (Phi) is 3.33. The monoisotopic (exact) mass is 235 g/mol. The van der Waals surface area contributed by atoms with E-state index in [4.69, 9.17) is 15.2 Å². The average Bonchev–Trinajstić information content (AvgIpc) is 2.36. The van der Waals surface area contributed by atoms with Crippen molar-refractivity contribution in [2.45, 2.75) is 19.8 Å². The molecule has 1 heterocycles. The van der Waals surface area contributed by atoms with Gasteiger partial charge in [0.15, 0.2) is 17.3 Å². The van der Waals surface area contributed by atoms with Gasteiger partial charge in [0, 0.05) is 11.1 Å². The number of fused-ring (bicyclic) bond motifs is 1. The van der Waals surface area contributed by atoms with Crippen molar-refractivity contribution in [3.05, 3.63) is 23.3 Å². The predicted octanol–water partition coefficient (Wildman–Crippen LogP) is 1.72. The number of nitrogens with two attached hydrogens (primary N) is 1. The number of carbonyl (C=O) groups is 1. The number of benzene rings is 1. The van der Waals surface area contributed by atoms with Gasteiger partial charge in [-0.15, -0.1) is 0 Å². The second kappa shape index (κ2) is 4.75. The second-order valence-corrected chi connectivity index (χ2v) is 4.33. The van der Waals surface area contributed by atoms with Crippen molar-refractivity contribution in [2.75, 3.05) is 19.8 Å². The molecule has 1 aliphatic heterocycles. The van der Waals surface area contributed by atoms with E-state index in [9.17, 15) is 4.79 Å². The largest absolute Gasteiger partial charge is 0.486 e. The summed E-state index contributed by atoms with van der Waals surface area (Å²) in [6.07, 6.45) is 0. The molecule has 0 fully saturated rings. The van der Waals surface area contributed by atoms with E-state index in [1.165, 1.54) is 0 Å². The zero-order valence-electron chi connectivity index (χ0n) is 10.2. The Labute approximate surface area is 101 Å². The van der Waals surface area contributed by atoms with Crippen molar-refractivity contribution in [3.8, 4) is 11.5 Å². The summed E-state index contributed by atoms with van der Waals surface area (Å²) in [4.78, 5) is 11.8. The molecule has 4 heteroatoms. The molecule has 2 N–H and O–H groups in total. The minimum absolute atomic E-state index is 0.0133. The molecule has 1 aromatic rings. The van der Waals surface area contributed by atoms with E-state index in [2.05, 4.69) is 0 Å². The normalized spacial score (nSPS) is 13.9. The van der Waals surface area contributed by atoms with Gasteiger partial charge in [0.25, 0.3) is 0 Å². The second-order valence-electron chi connectivity index (χ2n) is 4.33. The van der Waals surface area contributed by atoms with Crippen LogP contribution in [0.3, 0.4) is 0 Å². The quantitative estimate of drug-likeness (QED) is 0.810. The van der Waals surface area contributed by atoms with E-state index in [1.54, 1.807) is 12.1 Å². The number of Topliss-reactive ketones (excluding diaryl/α,β-unsaturated/α-hetero) is 1. The average molecular weight is 235 g/mol. The van der Waals surface area contributed by atoms with Gasteiger partial charge in [-0.3, -0.25) is 4.79 Å². The number of hydrogen-bond acceptors (Lipinski definition) is 4. The number of hydrogen-bond donors (Lipinski definition) is 1. The van der Waals surface area contributed by atoms with Gasteiger partial charge in [0.05, 0.1) is 6.54 Å². The fraction of sp³-hybridized carbons (Fsp3) is 0.462. The summed E-state index contributed by atoms with van der Waals surface area (Å²) in [5.74, 6) is 1.54. The molecule has 92 valence electrons. The molecule has 0 saturated carbocycles. The molecule has 1 aliphatic rings. The minimum atomic E-state index is -0.0642. The summed E-state index contributed by atoms with van der Waals surface area (Å²) in [5.41, 5.74) is 6.97. The molecule has 0 aromatic heterocycles. The van der Waals surface area contributed by atoms with Crippen LogP contribution in [0.25, 0.3) is 0 Å². The van der Waals surface area contributed by atoms with Crippen molar-refractivity contribution in [1.29, 1.82) is 0 Å². The van der Waals surface area contributed by atoms with Crippen molar-refractivity contribution < 1.29 is 14.3 Å². The van der Waals surface area contributed by atoms with Gasteiger partial charge in [0.1, 0.15) is 13.2 Å². The summed E-state index contributed by atoms with van der Waals surface area (Å²) < 4.78 is 11.1. The first-order valence-electron chi connectivity index (χ1n) is 5.81. The molecule has 0 saturated heterocycles. The first kappa shape index (κ1) is 11.9. The van der Waals surface area contributed by atoms with Gasteiger partial charge in [-0.1, -0.05) is 13.8 Å². The molecular formula is C13H17NO3. The maximum absolute atomic E-state index is 11.8. The Balaban J connectivity index is 2.57. The lowest BCUT2D eigenvalue weighted by Gasteiger charge is -2.24. The van der Waals surface area contributed by atoms with Crippen molar-refractivity contribution in [2.24, 2.45) is 5.73 Å². The van der Waals surface area contributed by atoms with Crippen LogP contribution < -0.4 is 15.2 Å². The van der Waals surface area contributed by atoms with E-state index >= 15 is 0 Å². The van der Waals surface area contributed by atoms with Crippen molar-refractivity contribution in [1.82, 2.24) is 0 Å². The Hall–Kier alpha value is -1.55. The molecule has 17 heavy (non-hydrogen) atoms. The number of ether oxygens (including phenoxy) is 2. The molecule has 0 atom stereocenters. The first-order valence-corrected chi connectivity index (χ1v) is 5.81. The highest BCUT2D eigenvalue weighted by atomic mass is 16.6. The van der Waals surface area contributed by atoms with Gasteiger partial charge in [-0.2, -0.15) is 0 Å². The van der Waals surface area contributed by atoms with Gasteiger partial charge in [-0.05, 0) is 18.1 Å². The van der Waals surface area contributed by atoms with Crippen LogP contribution in [-0.4, -0.2) is 25.5 Å². The van der Waals surface area contributed by atoms with E-state index in [0.29, 0.717) is 30.3 Å². The van der Waals surface area contributed by atoms with Crippen LogP contribution in [-0.2, 0) is 0 Å². The smallest absolute Gasteiger partial charge is 0.176 e. The fourth-order valence-corrected chi connectivity index (χ4v) is 2.06. The third-order valence-electron chi connectivity index (χ3n) is 2.81. The molecule has 0 unspecified atom stereocenters. The van der Waals surface area contributed by atoms with Gasteiger partial charge in [-0.25, -0.2) is 0 Å². The molecule has 0 amide bonds. The lowest BCUT2D eigenvalue weighted by atomic mass is 9.93. The lowest BCUT2D eigenvalue weighted by Crippen LogP contribution is -2.21. The van der Waals surface area contributed by atoms with E-state index < -0.39 is 0 Å². The Morgan fingerprint density at radius 2 is 2.06 bits per heavy atom. The Morgan fingerprint density at radius 3 is 2.71 bits per heavy atom. The molecule has 0 radical (unpaired) electrons. The van der Waals surface area contributed by atoms with Crippen LogP contribution in [0.5, 0.6) is 11.5 Å². The Bertz CT molecular complexity index is 441. The summed E-state index contributed by atoms with van der Waals surface area (Å²) in [5, 5.41) is 0. The SMILES string of the molecule is CC(C)c1c(C(=O)CN)ccc2c1OCCO2. The standard InChI is InChI=1S/C13H17NO3/c1-8(2)12-9(10(15)7-14)3-4-11-13(12)17-6-5-16-11/h3-4,8H,5-7,14H2,1-2H3. The molecular weight excluding hydrogens is 218 g/mol. The number of ketones is 1. The van der Waals surface area contributed by atoms with E-state index in [0.717, 1.165) is 5.56 Å². The topological polar surface area (TPSA) is 61.6 Å². The van der Waals surface area contributed by atoms with Crippen molar-refractivity contribution in [3.63, 3.8) is 0 Å². The zero-order chi connectivity index (χ0) is 12.4. The summed E-state index contributed by atoms with van der Waals surface area (Å²) in [7, 11) is 0. The van der Waals surface area contributed by atoms with Gasteiger partial charge in [0.2, 0.25) is 0 Å². The summed E-state index contributed by atoms with van der Waals surface area (Å²) in [6.45, 7) is 5.14. The molecule has 0 spiro atoms. The molecule has 0 aliphatic carbocycles. The van der Waals surface area contributed by atoms with Crippen molar-refractivity contribution >= 4 is 5.78 Å². The first-order chi connectivity index (χ1) is 8.15. The summed E-state index contributed by atoms with van der Waals surface area (Å²) >= 11 is 0. The van der Waals surface area contributed by atoms with E-state index in [1.807, 2.05) is 13.8 Å². The third-order valence-corrected chi connectivity index (χ3v) is 2.81. The van der Waals surface area contributed by atoms with Crippen LogP contribution in [0.1, 0.15) is 35.7 Å². The van der Waals surface area contributed by atoms with Crippen LogP contribution in [0.2, 0.25) is 0 Å². The minimum Gasteiger partial charge on any atom is -0.486 e. The maximum Gasteiger partial charge on any atom is 0.176 e. The maximum atomic E-state index is 11.8.